The summed E-state index contributed by atoms with van der Waals surface area (Å²) in [5, 5.41) is 10.5. The van der Waals surface area contributed by atoms with E-state index in [2.05, 4.69) is 14.9 Å². The molecule has 0 aliphatic carbocycles. The highest BCUT2D eigenvalue weighted by Gasteiger charge is 2.29. The average molecular weight is 242 g/mol. The first-order chi connectivity index (χ1) is 7.46. The predicted molar refractivity (Wildman–Crippen MR) is 63.8 cm³/mol. The van der Waals surface area contributed by atoms with Crippen LogP contribution in [0.2, 0.25) is 5.15 Å². The zero-order valence-corrected chi connectivity index (χ0v) is 10.3. The highest BCUT2D eigenvalue weighted by Crippen LogP contribution is 2.25. The molecule has 1 aliphatic rings. The van der Waals surface area contributed by atoms with Gasteiger partial charge in [0.15, 0.2) is 0 Å². The van der Waals surface area contributed by atoms with Crippen LogP contribution in [0.15, 0.2) is 6.07 Å². The minimum atomic E-state index is -0.635. The Hall–Kier alpha value is -0.870. The summed E-state index contributed by atoms with van der Waals surface area (Å²) in [6.07, 6.45) is 1.80. The van der Waals surface area contributed by atoms with Crippen molar-refractivity contribution in [1.82, 2.24) is 9.97 Å². The van der Waals surface area contributed by atoms with Crippen molar-refractivity contribution in [3.63, 3.8) is 0 Å². The summed E-state index contributed by atoms with van der Waals surface area (Å²) in [6.45, 7) is 5.18. The molecule has 0 radical (unpaired) electrons. The number of aromatic nitrogens is 2. The Morgan fingerprint density at radius 3 is 2.88 bits per heavy atom. The lowest BCUT2D eigenvalue weighted by molar-refractivity contribution is 0.0447. The van der Waals surface area contributed by atoms with Crippen molar-refractivity contribution in [3.8, 4) is 0 Å². The molecule has 1 aromatic heterocycles. The molecule has 0 bridgehead atoms. The zero-order chi connectivity index (χ0) is 11.8. The Bertz CT molecular complexity index is 375. The molecule has 88 valence electrons. The van der Waals surface area contributed by atoms with Crippen LogP contribution >= 0.6 is 11.6 Å². The molecule has 0 aromatic carbocycles. The Balaban J connectivity index is 2.23. The van der Waals surface area contributed by atoms with E-state index in [0.717, 1.165) is 25.2 Å². The highest BCUT2D eigenvalue weighted by molar-refractivity contribution is 6.29. The van der Waals surface area contributed by atoms with E-state index in [9.17, 15) is 5.11 Å². The number of hydrogen-bond donors (Lipinski definition) is 1. The molecule has 5 heteroatoms. The quantitative estimate of drug-likeness (QED) is 0.762. The average Bonchev–Trinajstić information content (AvgIpc) is 2.14. The van der Waals surface area contributed by atoms with Gasteiger partial charge in [0.1, 0.15) is 16.8 Å². The standard InChI is InChI=1S/C11H16ClN3O/c1-8-13-9(12)6-10(14-8)15-5-3-4-11(2,16)7-15/h6,16H,3-5,7H2,1-2H3. The van der Waals surface area contributed by atoms with Crippen LogP contribution in [-0.4, -0.2) is 33.8 Å². The molecule has 1 aromatic rings. The third-order valence-corrected chi connectivity index (χ3v) is 2.99. The van der Waals surface area contributed by atoms with E-state index in [-0.39, 0.29) is 0 Å². The van der Waals surface area contributed by atoms with Crippen LogP contribution < -0.4 is 4.90 Å². The van der Waals surface area contributed by atoms with Gasteiger partial charge in [0, 0.05) is 19.2 Å². The lowest BCUT2D eigenvalue weighted by Crippen LogP contribution is -2.46. The van der Waals surface area contributed by atoms with Gasteiger partial charge in [0.25, 0.3) is 0 Å². The molecule has 2 rings (SSSR count). The van der Waals surface area contributed by atoms with Crippen LogP contribution in [0.5, 0.6) is 0 Å². The van der Waals surface area contributed by atoms with E-state index in [1.165, 1.54) is 0 Å². The maximum absolute atomic E-state index is 10.0. The fraction of sp³-hybridized carbons (Fsp3) is 0.636. The molecular formula is C11H16ClN3O. The van der Waals surface area contributed by atoms with Crippen LogP contribution in [0.25, 0.3) is 0 Å². The first-order valence-corrected chi connectivity index (χ1v) is 5.83. The fourth-order valence-corrected chi connectivity index (χ4v) is 2.31. The summed E-state index contributed by atoms with van der Waals surface area (Å²) < 4.78 is 0. The number of nitrogens with zero attached hydrogens (tertiary/aromatic N) is 3. The molecule has 1 fully saturated rings. The maximum Gasteiger partial charge on any atom is 0.134 e. The summed E-state index contributed by atoms with van der Waals surface area (Å²) in [6, 6.07) is 1.75. The highest BCUT2D eigenvalue weighted by atomic mass is 35.5. The van der Waals surface area contributed by atoms with E-state index in [1.807, 2.05) is 13.8 Å². The maximum atomic E-state index is 10.0. The molecule has 1 unspecified atom stereocenters. The van der Waals surface area contributed by atoms with Gasteiger partial charge in [-0.2, -0.15) is 0 Å². The number of halogens is 1. The molecule has 1 N–H and O–H groups in total. The fourth-order valence-electron chi connectivity index (χ4n) is 2.09. The van der Waals surface area contributed by atoms with E-state index in [1.54, 1.807) is 6.07 Å². The van der Waals surface area contributed by atoms with Crippen molar-refractivity contribution in [2.24, 2.45) is 0 Å². The summed E-state index contributed by atoms with van der Waals surface area (Å²) in [7, 11) is 0. The van der Waals surface area contributed by atoms with Gasteiger partial charge in [-0.25, -0.2) is 9.97 Å². The van der Waals surface area contributed by atoms with Crippen molar-refractivity contribution in [1.29, 1.82) is 0 Å². The second-order valence-electron chi connectivity index (χ2n) is 4.62. The van der Waals surface area contributed by atoms with Gasteiger partial charge < -0.3 is 10.0 Å². The lowest BCUT2D eigenvalue weighted by Gasteiger charge is -2.37. The van der Waals surface area contributed by atoms with E-state index in [4.69, 9.17) is 11.6 Å². The number of rotatable bonds is 1. The lowest BCUT2D eigenvalue weighted by atomic mass is 9.95. The van der Waals surface area contributed by atoms with Crippen LogP contribution in [-0.2, 0) is 0 Å². The number of hydrogen-bond acceptors (Lipinski definition) is 4. The third kappa shape index (κ3) is 2.62. The normalized spacial score (nSPS) is 25.9. The van der Waals surface area contributed by atoms with Gasteiger partial charge >= 0.3 is 0 Å². The molecule has 0 saturated carbocycles. The minimum Gasteiger partial charge on any atom is -0.388 e. The largest absolute Gasteiger partial charge is 0.388 e. The summed E-state index contributed by atoms with van der Waals surface area (Å²) in [4.78, 5) is 10.4. The van der Waals surface area contributed by atoms with Gasteiger partial charge in [-0.1, -0.05) is 11.6 Å². The molecular weight excluding hydrogens is 226 g/mol. The molecule has 1 aliphatic heterocycles. The Morgan fingerprint density at radius 1 is 1.50 bits per heavy atom. The predicted octanol–water partition coefficient (Wildman–Crippen LogP) is 1.79. The van der Waals surface area contributed by atoms with Crippen LogP contribution in [0.1, 0.15) is 25.6 Å². The second kappa shape index (κ2) is 4.18. The van der Waals surface area contributed by atoms with Crippen molar-refractivity contribution >= 4 is 17.4 Å². The summed E-state index contributed by atoms with van der Waals surface area (Å²) >= 11 is 5.90. The third-order valence-electron chi connectivity index (χ3n) is 2.79. The summed E-state index contributed by atoms with van der Waals surface area (Å²) in [5.74, 6) is 1.46. The first kappa shape index (κ1) is 11.6. The molecule has 16 heavy (non-hydrogen) atoms. The van der Waals surface area contributed by atoms with Gasteiger partial charge in [0.05, 0.1) is 5.60 Å². The van der Waals surface area contributed by atoms with Gasteiger partial charge in [-0.05, 0) is 26.7 Å². The SMILES string of the molecule is Cc1nc(Cl)cc(N2CCCC(C)(O)C2)n1. The van der Waals surface area contributed by atoms with Crippen molar-refractivity contribution in [3.05, 3.63) is 17.0 Å². The molecule has 4 nitrogen and oxygen atoms in total. The second-order valence-corrected chi connectivity index (χ2v) is 5.01. The van der Waals surface area contributed by atoms with E-state index < -0.39 is 5.60 Å². The Morgan fingerprint density at radius 2 is 2.25 bits per heavy atom. The topological polar surface area (TPSA) is 49.2 Å². The zero-order valence-electron chi connectivity index (χ0n) is 9.57. The molecule has 1 atom stereocenters. The van der Waals surface area contributed by atoms with E-state index in [0.29, 0.717) is 17.5 Å². The number of β-amino-alcohol motifs (C(OH)–C–C–N with tert-alkyl or cyclic N) is 1. The van der Waals surface area contributed by atoms with Gasteiger partial charge in [-0.15, -0.1) is 0 Å². The number of aliphatic hydroxyl groups is 1. The Kier molecular flexibility index (Phi) is 3.04. The Labute approximate surface area is 100 Å². The van der Waals surface area contributed by atoms with E-state index >= 15 is 0 Å². The number of piperidine rings is 1. The van der Waals surface area contributed by atoms with Crippen molar-refractivity contribution in [2.75, 3.05) is 18.0 Å². The molecule has 0 spiro atoms. The van der Waals surface area contributed by atoms with Crippen LogP contribution in [0.3, 0.4) is 0 Å². The first-order valence-electron chi connectivity index (χ1n) is 5.45. The monoisotopic (exact) mass is 241 g/mol. The van der Waals surface area contributed by atoms with Crippen molar-refractivity contribution < 1.29 is 5.11 Å². The smallest absolute Gasteiger partial charge is 0.134 e. The molecule has 0 amide bonds. The van der Waals surface area contributed by atoms with Crippen molar-refractivity contribution in [2.45, 2.75) is 32.3 Å². The number of anilines is 1. The van der Waals surface area contributed by atoms with Gasteiger partial charge in [0.2, 0.25) is 0 Å². The van der Waals surface area contributed by atoms with Crippen LogP contribution in [0.4, 0.5) is 5.82 Å². The van der Waals surface area contributed by atoms with Gasteiger partial charge in [-0.3, -0.25) is 0 Å². The number of aryl methyl sites for hydroxylation is 1. The molecule has 1 saturated heterocycles. The minimum absolute atomic E-state index is 0.452. The molecule has 2 heterocycles. The van der Waals surface area contributed by atoms with Crippen LogP contribution in [0, 0.1) is 6.92 Å². The summed E-state index contributed by atoms with van der Waals surface area (Å²) in [5.41, 5.74) is -0.635.